The van der Waals surface area contributed by atoms with E-state index in [1.165, 1.54) is 35.3 Å². The van der Waals surface area contributed by atoms with E-state index in [-0.39, 0.29) is 29.9 Å². The summed E-state index contributed by atoms with van der Waals surface area (Å²) in [6, 6.07) is 12.2. The Morgan fingerprint density at radius 1 is 1.06 bits per heavy atom. The van der Waals surface area contributed by atoms with E-state index >= 15 is 0 Å². The average molecular weight is 467 g/mol. The molecule has 0 aliphatic heterocycles. The molecule has 180 valence electrons. The molecular weight excluding hydrogens is 437 g/mol. The molecule has 3 N–H and O–H groups in total. The summed E-state index contributed by atoms with van der Waals surface area (Å²) in [6.45, 7) is 2.40. The lowest BCUT2D eigenvalue weighted by Crippen LogP contribution is -2.44. The van der Waals surface area contributed by atoms with E-state index in [1.54, 1.807) is 25.1 Å². The summed E-state index contributed by atoms with van der Waals surface area (Å²) in [5.41, 5.74) is 4.50. The minimum Gasteiger partial charge on any atom is -0.478 e. The zero-order chi connectivity index (χ0) is 24.4. The summed E-state index contributed by atoms with van der Waals surface area (Å²) < 4.78 is 38.7. The van der Waals surface area contributed by atoms with Gasteiger partial charge in [0, 0.05) is 19.5 Å². The molecule has 6 nitrogen and oxygen atoms in total. The number of hydrogen-bond acceptors (Lipinski definition) is 4. The van der Waals surface area contributed by atoms with Gasteiger partial charge in [-0.15, -0.1) is 0 Å². The Morgan fingerprint density at radius 2 is 1.76 bits per heavy atom. The number of nitrogens with one attached hydrogen (secondary N) is 1. The van der Waals surface area contributed by atoms with Crippen LogP contribution in [-0.4, -0.2) is 52.7 Å². The topological polar surface area (TPSA) is 89.9 Å². The Kier molecular flexibility index (Phi) is 10.3. The van der Waals surface area contributed by atoms with Crippen molar-refractivity contribution in [3.63, 3.8) is 0 Å². The van der Waals surface area contributed by atoms with Crippen LogP contribution in [0.25, 0.3) is 0 Å². The van der Waals surface area contributed by atoms with Gasteiger partial charge in [-0.05, 0) is 48.1 Å². The molecule has 2 rings (SSSR count). The predicted octanol–water partition coefficient (Wildman–Crippen LogP) is 3.94. The van der Waals surface area contributed by atoms with Gasteiger partial charge in [0.15, 0.2) is 6.17 Å². The van der Waals surface area contributed by atoms with Crippen LogP contribution in [0.3, 0.4) is 0 Å². The Labute approximate surface area is 191 Å². The van der Waals surface area contributed by atoms with Crippen LogP contribution >= 0.6 is 0 Å². The molecule has 2 aromatic carbocycles. The molecule has 2 aromatic rings. The number of aromatic carboxylic acids is 1. The summed E-state index contributed by atoms with van der Waals surface area (Å²) in [5, 5.41) is 20.7. The maximum atomic E-state index is 13.5. The molecule has 0 radical (unpaired) electrons. The van der Waals surface area contributed by atoms with Crippen molar-refractivity contribution in [2.24, 2.45) is 0 Å². The molecular formula is C24H29F3N2O4. The van der Waals surface area contributed by atoms with E-state index in [0.29, 0.717) is 31.5 Å². The van der Waals surface area contributed by atoms with Crippen LogP contribution in [0, 0.1) is 0 Å². The van der Waals surface area contributed by atoms with Gasteiger partial charge in [-0.25, -0.2) is 23.4 Å². The van der Waals surface area contributed by atoms with Crippen molar-refractivity contribution in [1.29, 1.82) is 0 Å². The van der Waals surface area contributed by atoms with Gasteiger partial charge >= 0.3 is 5.97 Å². The number of aliphatic hydroxyl groups excluding tert-OH is 1. The van der Waals surface area contributed by atoms with E-state index in [0.717, 1.165) is 5.56 Å². The van der Waals surface area contributed by atoms with E-state index in [2.05, 4.69) is 5.43 Å². The Bertz CT molecular complexity index is 909. The first-order valence-corrected chi connectivity index (χ1v) is 10.8. The second kappa shape index (κ2) is 13.0. The number of hydrogen-bond donors (Lipinski definition) is 3. The molecule has 0 bridgehead atoms. The fraction of sp³-hybridized carbons (Fsp3) is 0.417. The van der Waals surface area contributed by atoms with Gasteiger partial charge < -0.3 is 10.2 Å². The summed E-state index contributed by atoms with van der Waals surface area (Å²) in [4.78, 5) is 23.2. The van der Waals surface area contributed by atoms with Gasteiger partial charge in [-0.1, -0.05) is 43.3 Å². The number of nitrogens with zero attached hydrogens (tertiary/aromatic N) is 1. The molecule has 9 heteroatoms. The van der Waals surface area contributed by atoms with E-state index in [9.17, 15) is 27.9 Å². The molecule has 0 spiro atoms. The molecule has 0 aromatic heterocycles. The summed E-state index contributed by atoms with van der Waals surface area (Å²) in [6.07, 6.45) is -5.01. The first-order chi connectivity index (χ1) is 15.7. The van der Waals surface area contributed by atoms with Crippen molar-refractivity contribution < 1.29 is 33.0 Å². The first kappa shape index (κ1) is 26.3. The largest absolute Gasteiger partial charge is 0.478 e. The highest BCUT2D eigenvalue weighted by atomic mass is 19.3. The molecule has 0 heterocycles. The molecule has 0 saturated heterocycles. The number of carboxylic acids is 1. The number of carbonyl (C=O) groups is 2. The second-order valence-electron chi connectivity index (χ2n) is 7.69. The van der Waals surface area contributed by atoms with Crippen LogP contribution in [0.2, 0.25) is 0 Å². The Balaban J connectivity index is 1.85. The lowest BCUT2D eigenvalue weighted by atomic mass is 10.0. The number of benzene rings is 2. The fourth-order valence-corrected chi connectivity index (χ4v) is 3.32. The Morgan fingerprint density at radius 3 is 2.36 bits per heavy atom. The number of halogens is 3. The third kappa shape index (κ3) is 8.51. The summed E-state index contributed by atoms with van der Waals surface area (Å²) in [5.74, 6) is -1.13. The molecule has 0 saturated carbocycles. The van der Waals surface area contributed by atoms with E-state index in [4.69, 9.17) is 5.11 Å². The minimum absolute atomic E-state index is 0.121. The standard InChI is InChI=1S/C24H29F3N2O4/c1-2-21(31)29(13-11-16-6-8-18(9-7-16)24(32)33)28-12-10-20(30)15-17-4-3-5-19(14-17)22(25)23(26)27/h3-9,14,20,22-23,28,30H,2,10-13,15H2,1H3,(H,32,33). The second-order valence-corrected chi connectivity index (χ2v) is 7.69. The smallest absolute Gasteiger partial charge is 0.335 e. The zero-order valence-electron chi connectivity index (χ0n) is 18.4. The van der Waals surface area contributed by atoms with E-state index < -0.39 is 24.7 Å². The van der Waals surface area contributed by atoms with Gasteiger partial charge in [0.05, 0.1) is 11.7 Å². The highest BCUT2D eigenvalue weighted by Gasteiger charge is 2.21. The zero-order valence-corrected chi connectivity index (χ0v) is 18.4. The molecule has 0 aliphatic rings. The van der Waals surface area contributed by atoms with E-state index in [1.807, 2.05) is 0 Å². The van der Waals surface area contributed by atoms with Crippen LogP contribution in [-0.2, 0) is 17.6 Å². The predicted molar refractivity (Wildman–Crippen MR) is 118 cm³/mol. The first-order valence-electron chi connectivity index (χ1n) is 10.8. The number of aliphatic hydroxyl groups is 1. The van der Waals surface area contributed by atoms with Gasteiger partial charge in [0.2, 0.25) is 5.91 Å². The van der Waals surface area contributed by atoms with Gasteiger partial charge in [-0.2, -0.15) is 0 Å². The van der Waals surface area contributed by atoms with Gasteiger partial charge in [-0.3, -0.25) is 9.80 Å². The highest BCUT2D eigenvalue weighted by molar-refractivity contribution is 5.87. The number of rotatable bonds is 13. The van der Waals surface area contributed by atoms with Crippen LogP contribution < -0.4 is 5.43 Å². The van der Waals surface area contributed by atoms with Gasteiger partial charge in [0.25, 0.3) is 6.43 Å². The molecule has 2 unspecified atom stereocenters. The number of alkyl halides is 3. The number of carboxylic acid groups (broad SMARTS) is 1. The summed E-state index contributed by atoms with van der Waals surface area (Å²) >= 11 is 0. The lowest BCUT2D eigenvalue weighted by molar-refractivity contribution is -0.134. The molecule has 0 fully saturated rings. The molecule has 33 heavy (non-hydrogen) atoms. The quantitative estimate of drug-likeness (QED) is 0.389. The summed E-state index contributed by atoms with van der Waals surface area (Å²) in [7, 11) is 0. The Hall–Kier alpha value is -2.91. The monoisotopic (exact) mass is 466 g/mol. The average Bonchev–Trinajstić information content (AvgIpc) is 2.80. The number of hydrazine groups is 1. The molecule has 1 amide bonds. The van der Waals surface area contributed by atoms with Crippen molar-refractivity contribution in [2.45, 2.75) is 51.3 Å². The van der Waals surface area contributed by atoms with Crippen molar-refractivity contribution in [2.75, 3.05) is 13.1 Å². The highest BCUT2D eigenvalue weighted by Crippen LogP contribution is 2.25. The van der Waals surface area contributed by atoms with Crippen LogP contribution in [0.1, 0.15) is 53.0 Å². The van der Waals surface area contributed by atoms with Crippen molar-refractivity contribution in [3.05, 3.63) is 70.8 Å². The van der Waals surface area contributed by atoms with Crippen LogP contribution in [0.5, 0.6) is 0 Å². The third-order valence-corrected chi connectivity index (χ3v) is 5.17. The van der Waals surface area contributed by atoms with Crippen molar-refractivity contribution >= 4 is 11.9 Å². The van der Waals surface area contributed by atoms with Gasteiger partial charge in [0.1, 0.15) is 0 Å². The molecule has 0 aliphatic carbocycles. The lowest BCUT2D eigenvalue weighted by Gasteiger charge is -2.24. The van der Waals surface area contributed by atoms with Crippen LogP contribution in [0.15, 0.2) is 48.5 Å². The maximum absolute atomic E-state index is 13.5. The SMILES string of the molecule is CCC(=O)N(CCc1ccc(C(=O)O)cc1)NCCC(O)Cc1cccc(C(F)C(F)F)c1. The fourth-order valence-electron chi connectivity index (χ4n) is 3.32. The van der Waals surface area contributed by atoms with Crippen molar-refractivity contribution in [1.82, 2.24) is 10.4 Å². The maximum Gasteiger partial charge on any atom is 0.335 e. The normalized spacial score (nSPS) is 13.0. The number of amides is 1. The third-order valence-electron chi connectivity index (χ3n) is 5.17. The number of carbonyl (C=O) groups excluding carboxylic acids is 1. The van der Waals surface area contributed by atoms with Crippen LogP contribution in [0.4, 0.5) is 13.2 Å². The minimum atomic E-state index is -3.11. The van der Waals surface area contributed by atoms with Crippen molar-refractivity contribution in [3.8, 4) is 0 Å². The molecule has 2 atom stereocenters.